The van der Waals surface area contributed by atoms with Crippen molar-refractivity contribution in [1.29, 1.82) is 0 Å². The fraction of sp³-hybridized carbons (Fsp3) is 0.692. The molecule has 1 aromatic heterocycles. The predicted molar refractivity (Wildman–Crippen MR) is 71.5 cm³/mol. The molecule has 1 aromatic rings. The number of aromatic nitrogens is 2. The normalized spacial score (nSPS) is 23.7. The van der Waals surface area contributed by atoms with Gasteiger partial charge in [0.2, 0.25) is 5.95 Å². The van der Waals surface area contributed by atoms with Crippen molar-refractivity contribution < 1.29 is 0 Å². The van der Waals surface area contributed by atoms with Crippen molar-refractivity contribution in [2.75, 3.05) is 37.6 Å². The van der Waals surface area contributed by atoms with Gasteiger partial charge in [-0.15, -0.1) is 0 Å². The molecular weight excluding hydrogens is 226 g/mol. The van der Waals surface area contributed by atoms with Crippen LogP contribution in [-0.2, 0) is 0 Å². The molecule has 1 saturated heterocycles. The predicted octanol–water partition coefficient (Wildman–Crippen LogP) is 0.480. The fourth-order valence-corrected chi connectivity index (χ4v) is 3.07. The van der Waals surface area contributed by atoms with Crippen LogP contribution in [0.25, 0.3) is 0 Å². The van der Waals surface area contributed by atoms with E-state index in [4.69, 9.17) is 5.73 Å². The molecule has 3 rings (SSSR count). The SMILES string of the molecule is NCC1(N2CCN(c3ncccn3)CC2)CCC1. The summed E-state index contributed by atoms with van der Waals surface area (Å²) in [6, 6.07) is 1.86. The zero-order valence-electron chi connectivity index (χ0n) is 10.8. The average Bonchev–Trinajstić information content (AvgIpc) is 2.40. The third kappa shape index (κ3) is 1.97. The van der Waals surface area contributed by atoms with Gasteiger partial charge in [-0.25, -0.2) is 9.97 Å². The molecule has 2 N–H and O–H groups in total. The first-order valence-corrected chi connectivity index (χ1v) is 6.81. The molecule has 0 aromatic carbocycles. The summed E-state index contributed by atoms with van der Waals surface area (Å²) in [6.07, 6.45) is 7.49. The van der Waals surface area contributed by atoms with E-state index in [1.807, 2.05) is 18.5 Å². The lowest BCUT2D eigenvalue weighted by atomic mass is 9.75. The van der Waals surface area contributed by atoms with Crippen LogP contribution in [0.2, 0.25) is 0 Å². The number of hydrogen-bond donors (Lipinski definition) is 1. The quantitative estimate of drug-likeness (QED) is 0.842. The Morgan fingerprint density at radius 2 is 1.78 bits per heavy atom. The highest BCUT2D eigenvalue weighted by molar-refractivity contribution is 5.29. The highest BCUT2D eigenvalue weighted by Gasteiger charge is 2.42. The Balaban J connectivity index is 1.61. The number of piperazine rings is 1. The summed E-state index contributed by atoms with van der Waals surface area (Å²) in [4.78, 5) is 13.5. The van der Waals surface area contributed by atoms with E-state index >= 15 is 0 Å². The minimum Gasteiger partial charge on any atom is -0.338 e. The summed E-state index contributed by atoms with van der Waals surface area (Å²) >= 11 is 0. The second-order valence-corrected chi connectivity index (χ2v) is 5.30. The lowest BCUT2D eigenvalue weighted by molar-refractivity contribution is 0.0190. The molecule has 98 valence electrons. The molecule has 1 aliphatic heterocycles. The van der Waals surface area contributed by atoms with E-state index in [0.717, 1.165) is 38.7 Å². The first-order valence-electron chi connectivity index (χ1n) is 6.81. The monoisotopic (exact) mass is 247 g/mol. The zero-order chi connectivity index (χ0) is 12.4. The van der Waals surface area contributed by atoms with Crippen molar-refractivity contribution >= 4 is 5.95 Å². The molecule has 0 atom stereocenters. The van der Waals surface area contributed by atoms with Crippen LogP contribution in [0.3, 0.4) is 0 Å². The first-order chi connectivity index (χ1) is 8.84. The van der Waals surface area contributed by atoms with Crippen LogP contribution in [0.15, 0.2) is 18.5 Å². The van der Waals surface area contributed by atoms with Crippen LogP contribution in [-0.4, -0.2) is 53.1 Å². The molecule has 2 aliphatic rings. The van der Waals surface area contributed by atoms with E-state index in [9.17, 15) is 0 Å². The van der Waals surface area contributed by atoms with Gasteiger partial charge < -0.3 is 10.6 Å². The topological polar surface area (TPSA) is 58.3 Å². The molecule has 5 nitrogen and oxygen atoms in total. The highest BCUT2D eigenvalue weighted by Crippen LogP contribution is 2.37. The summed E-state index contributed by atoms with van der Waals surface area (Å²) in [6.45, 7) is 4.97. The van der Waals surface area contributed by atoms with Gasteiger partial charge in [0.25, 0.3) is 0 Å². The molecule has 0 bridgehead atoms. The third-order valence-corrected chi connectivity index (χ3v) is 4.45. The second kappa shape index (κ2) is 4.82. The summed E-state index contributed by atoms with van der Waals surface area (Å²) in [7, 11) is 0. The highest BCUT2D eigenvalue weighted by atomic mass is 15.3. The maximum atomic E-state index is 5.97. The van der Waals surface area contributed by atoms with Crippen LogP contribution in [0.5, 0.6) is 0 Å². The van der Waals surface area contributed by atoms with E-state index < -0.39 is 0 Å². The van der Waals surface area contributed by atoms with Gasteiger partial charge in [-0.05, 0) is 25.3 Å². The summed E-state index contributed by atoms with van der Waals surface area (Å²) in [5.74, 6) is 0.854. The molecule has 2 heterocycles. The van der Waals surface area contributed by atoms with Gasteiger partial charge in [-0.2, -0.15) is 0 Å². The van der Waals surface area contributed by atoms with E-state index in [1.54, 1.807) is 0 Å². The fourth-order valence-electron chi connectivity index (χ4n) is 3.07. The van der Waals surface area contributed by atoms with Crippen molar-refractivity contribution in [3.05, 3.63) is 18.5 Å². The van der Waals surface area contributed by atoms with Crippen molar-refractivity contribution in [3.8, 4) is 0 Å². The maximum Gasteiger partial charge on any atom is 0.225 e. The Morgan fingerprint density at radius 3 is 2.28 bits per heavy atom. The first kappa shape index (κ1) is 11.9. The molecule has 5 heteroatoms. The average molecular weight is 247 g/mol. The Morgan fingerprint density at radius 1 is 1.11 bits per heavy atom. The molecule has 1 aliphatic carbocycles. The van der Waals surface area contributed by atoms with Crippen molar-refractivity contribution in [3.63, 3.8) is 0 Å². The molecular formula is C13H21N5. The largest absolute Gasteiger partial charge is 0.338 e. The van der Waals surface area contributed by atoms with Crippen LogP contribution >= 0.6 is 0 Å². The number of hydrogen-bond acceptors (Lipinski definition) is 5. The number of anilines is 1. The van der Waals surface area contributed by atoms with E-state index in [0.29, 0.717) is 5.54 Å². The minimum atomic E-state index is 0.309. The molecule has 18 heavy (non-hydrogen) atoms. The number of nitrogens with two attached hydrogens (primary N) is 1. The maximum absolute atomic E-state index is 5.97. The van der Waals surface area contributed by atoms with Crippen molar-refractivity contribution in [2.45, 2.75) is 24.8 Å². The van der Waals surface area contributed by atoms with Crippen molar-refractivity contribution in [1.82, 2.24) is 14.9 Å². The van der Waals surface area contributed by atoms with E-state index in [-0.39, 0.29) is 0 Å². The Kier molecular flexibility index (Phi) is 3.18. The molecule has 0 unspecified atom stereocenters. The van der Waals surface area contributed by atoms with Crippen LogP contribution < -0.4 is 10.6 Å². The van der Waals surface area contributed by atoms with E-state index in [2.05, 4.69) is 19.8 Å². The Bertz CT molecular complexity index is 376. The minimum absolute atomic E-state index is 0.309. The van der Waals surface area contributed by atoms with Gasteiger partial charge in [0, 0.05) is 50.7 Å². The van der Waals surface area contributed by atoms with Crippen molar-refractivity contribution in [2.24, 2.45) is 5.73 Å². The summed E-state index contributed by atoms with van der Waals surface area (Å²) in [5.41, 5.74) is 6.27. The lowest BCUT2D eigenvalue weighted by Gasteiger charge is -2.52. The zero-order valence-corrected chi connectivity index (χ0v) is 10.8. The van der Waals surface area contributed by atoms with Gasteiger partial charge in [-0.3, -0.25) is 4.90 Å². The third-order valence-electron chi connectivity index (χ3n) is 4.45. The Hall–Kier alpha value is -1.20. The Labute approximate surface area is 108 Å². The number of rotatable bonds is 3. The van der Waals surface area contributed by atoms with Gasteiger partial charge in [-0.1, -0.05) is 0 Å². The molecule has 0 radical (unpaired) electrons. The molecule has 0 amide bonds. The van der Waals surface area contributed by atoms with Gasteiger partial charge >= 0.3 is 0 Å². The lowest BCUT2D eigenvalue weighted by Crippen LogP contribution is -2.63. The molecule has 2 fully saturated rings. The summed E-state index contributed by atoms with van der Waals surface area (Å²) < 4.78 is 0. The van der Waals surface area contributed by atoms with Gasteiger partial charge in [0.05, 0.1) is 0 Å². The number of nitrogens with zero attached hydrogens (tertiary/aromatic N) is 4. The molecule has 1 saturated carbocycles. The van der Waals surface area contributed by atoms with Crippen LogP contribution in [0, 0.1) is 0 Å². The van der Waals surface area contributed by atoms with Gasteiger partial charge in [0.15, 0.2) is 0 Å². The van der Waals surface area contributed by atoms with Crippen LogP contribution in [0.4, 0.5) is 5.95 Å². The van der Waals surface area contributed by atoms with Gasteiger partial charge in [0.1, 0.15) is 0 Å². The smallest absolute Gasteiger partial charge is 0.225 e. The van der Waals surface area contributed by atoms with Crippen LogP contribution in [0.1, 0.15) is 19.3 Å². The standard InChI is InChI=1S/C13H21N5/c14-11-13(3-1-4-13)18-9-7-17(8-10-18)12-15-5-2-6-16-12/h2,5-6H,1,3-4,7-11,14H2. The molecule has 0 spiro atoms. The second-order valence-electron chi connectivity index (χ2n) is 5.30. The van der Waals surface area contributed by atoms with E-state index in [1.165, 1.54) is 19.3 Å². The summed E-state index contributed by atoms with van der Waals surface area (Å²) in [5, 5.41) is 0.